The summed E-state index contributed by atoms with van der Waals surface area (Å²) in [5.41, 5.74) is 1.30. The summed E-state index contributed by atoms with van der Waals surface area (Å²) in [6.07, 6.45) is -0.482. The first-order chi connectivity index (χ1) is 8.50. The third-order valence-electron chi connectivity index (χ3n) is 2.71. The fourth-order valence-electron chi connectivity index (χ4n) is 1.80. The third-order valence-corrected chi connectivity index (χ3v) is 3.34. The van der Waals surface area contributed by atoms with E-state index in [0.29, 0.717) is 21.3 Å². The molecule has 0 radical (unpaired) electrons. The summed E-state index contributed by atoms with van der Waals surface area (Å²) in [6, 6.07) is 5.24. The van der Waals surface area contributed by atoms with E-state index in [9.17, 15) is 4.79 Å². The van der Waals surface area contributed by atoms with Gasteiger partial charge in [0, 0.05) is 12.5 Å². The van der Waals surface area contributed by atoms with Gasteiger partial charge in [0.1, 0.15) is 0 Å². The van der Waals surface area contributed by atoms with E-state index in [2.05, 4.69) is 10.5 Å². The maximum absolute atomic E-state index is 11.0. The summed E-state index contributed by atoms with van der Waals surface area (Å²) in [5, 5.41) is 7.67. The molecule has 0 unspecified atom stereocenters. The second-order valence-corrected chi connectivity index (χ2v) is 4.90. The molecular formula is C12H12Cl2N2O2. The Bertz CT molecular complexity index is 497. The SMILES string of the molecule is CC(=O)N[C@@H]1ON=C(c2c(Cl)cccc2Cl)[C@H]1C. The topological polar surface area (TPSA) is 50.7 Å². The fourth-order valence-corrected chi connectivity index (χ4v) is 2.39. The predicted molar refractivity (Wildman–Crippen MR) is 70.9 cm³/mol. The third kappa shape index (κ3) is 2.44. The molecular weight excluding hydrogens is 275 g/mol. The number of benzene rings is 1. The standard InChI is InChI=1S/C12H12Cl2N2O2/c1-6-11(16-18-12(6)15-7(2)17)10-8(13)4-3-5-9(10)14/h3-6,12H,1-2H3,(H,15,17)/t6-,12-/m1/s1. The molecule has 2 rings (SSSR count). The minimum absolute atomic E-state index is 0.119. The van der Waals surface area contributed by atoms with Crippen LogP contribution in [0.15, 0.2) is 23.4 Å². The van der Waals surface area contributed by atoms with Crippen LogP contribution in [0.25, 0.3) is 0 Å². The molecule has 0 aromatic heterocycles. The molecule has 0 saturated carbocycles. The highest BCUT2D eigenvalue weighted by Gasteiger charge is 2.33. The highest BCUT2D eigenvalue weighted by atomic mass is 35.5. The number of amides is 1. The van der Waals surface area contributed by atoms with E-state index in [0.717, 1.165) is 0 Å². The van der Waals surface area contributed by atoms with Crippen LogP contribution in [-0.2, 0) is 9.63 Å². The number of hydrogen-bond donors (Lipinski definition) is 1. The molecule has 1 heterocycles. The lowest BCUT2D eigenvalue weighted by Crippen LogP contribution is -2.38. The van der Waals surface area contributed by atoms with Gasteiger partial charge in [-0.15, -0.1) is 0 Å². The molecule has 1 aromatic carbocycles. The molecule has 0 bridgehead atoms. The van der Waals surface area contributed by atoms with Crippen molar-refractivity contribution in [1.29, 1.82) is 0 Å². The normalized spacial score (nSPS) is 22.3. The number of halogens is 2. The van der Waals surface area contributed by atoms with Crippen LogP contribution < -0.4 is 5.32 Å². The number of rotatable bonds is 2. The Morgan fingerprint density at radius 3 is 2.56 bits per heavy atom. The summed E-state index contributed by atoms with van der Waals surface area (Å²) in [5.74, 6) is -0.292. The van der Waals surface area contributed by atoms with Crippen molar-refractivity contribution < 1.29 is 9.63 Å². The van der Waals surface area contributed by atoms with Gasteiger partial charge in [0.05, 0.1) is 21.7 Å². The molecule has 0 fully saturated rings. The van der Waals surface area contributed by atoms with Gasteiger partial charge in [0.2, 0.25) is 12.1 Å². The minimum Gasteiger partial charge on any atom is -0.370 e. The van der Waals surface area contributed by atoms with Crippen molar-refractivity contribution in [2.45, 2.75) is 20.1 Å². The molecule has 4 nitrogen and oxygen atoms in total. The molecule has 96 valence electrons. The number of nitrogens with zero attached hydrogens (tertiary/aromatic N) is 1. The Morgan fingerprint density at radius 1 is 1.39 bits per heavy atom. The highest BCUT2D eigenvalue weighted by Crippen LogP contribution is 2.31. The lowest BCUT2D eigenvalue weighted by atomic mass is 9.97. The highest BCUT2D eigenvalue weighted by molar-refractivity contribution is 6.40. The molecule has 1 amide bonds. The van der Waals surface area contributed by atoms with Gasteiger partial charge in [-0.05, 0) is 12.1 Å². The van der Waals surface area contributed by atoms with Crippen LogP contribution >= 0.6 is 23.2 Å². The Labute approximate surface area is 115 Å². The fraction of sp³-hybridized carbons (Fsp3) is 0.333. The second kappa shape index (κ2) is 5.16. The molecule has 1 aliphatic heterocycles. The zero-order chi connectivity index (χ0) is 13.3. The maximum Gasteiger partial charge on any atom is 0.219 e. The molecule has 2 atom stereocenters. The number of oxime groups is 1. The first-order valence-electron chi connectivity index (χ1n) is 5.46. The summed E-state index contributed by atoms with van der Waals surface area (Å²) in [7, 11) is 0. The van der Waals surface area contributed by atoms with E-state index in [-0.39, 0.29) is 11.8 Å². The van der Waals surface area contributed by atoms with E-state index in [1.807, 2.05) is 6.92 Å². The quantitative estimate of drug-likeness (QED) is 0.909. The zero-order valence-corrected chi connectivity index (χ0v) is 11.4. The Kier molecular flexibility index (Phi) is 3.78. The molecule has 1 N–H and O–H groups in total. The van der Waals surface area contributed by atoms with Gasteiger partial charge < -0.3 is 10.2 Å². The van der Waals surface area contributed by atoms with Crippen molar-refractivity contribution in [3.05, 3.63) is 33.8 Å². The van der Waals surface area contributed by atoms with E-state index < -0.39 is 6.23 Å². The van der Waals surface area contributed by atoms with Gasteiger partial charge in [-0.3, -0.25) is 4.79 Å². The number of hydrogen-bond acceptors (Lipinski definition) is 3. The Hall–Kier alpha value is -1.26. The summed E-state index contributed by atoms with van der Waals surface area (Å²) in [4.78, 5) is 16.2. The maximum atomic E-state index is 11.0. The van der Waals surface area contributed by atoms with Crippen molar-refractivity contribution in [2.24, 2.45) is 11.1 Å². The molecule has 1 aromatic rings. The Morgan fingerprint density at radius 2 is 2.00 bits per heavy atom. The van der Waals surface area contributed by atoms with Gasteiger partial charge in [0.15, 0.2) is 0 Å². The molecule has 6 heteroatoms. The van der Waals surface area contributed by atoms with Crippen molar-refractivity contribution in [3.63, 3.8) is 0 Å². The molecule has 0 aliphatic carbocycles. The van der Waals surface area contributed by atoms with Crippen molar-refractivity contribution >= 4 is 34.8 Å². The summed E-state index contributed by atoms with van der Waals surface area (Å²) >= 11 is 12.2. The van der Waals surface area contributed by atoms with Gasteiger partial charge >= 0.3 is 0 Å². The summed E-state index contributed by atoms with van der Waals surface area (Å²) in [6.45, 7) is 3.32. The van der Waals surface area contributed by atoms with Gasteiger partial charge in [-0.1, -0.05) is 41.3 Å². The lowest BCUT2D eigenvalue weighted by molar-refractivity contribution is -0.123. The average molecular weight is 287 g/mol. The zero-order valence-electron chi connectivity index (χ0n) is 9.91. The number of nitrogens with one attached hydrogen (secondary N) is 1. The first-order valence-corrected chi connectivity index (χ1v) is 6.21. The number of carbonyl (C=O) groups excluding carboxylic acids is 1. The monoisotopic (exact) mass is 286 g/mol. The van der Waals surface area contributed by atoms with Gasteiger partial charge in [-0.2, -0.15) is 0 Å². The molecule has 0 saturated heterocycles. The van der Waals surface area contributed by atoms with Crippen molar-refractivity contribution in [3.8, 4) is 0 Å². The van der Waals surface area contributed by atoms with Crippen LogP contribution in [0.2, 0.25) is 10.0 Å². The predicted octanol–water partition coefficient (Wildman–Crippen LogP) is 2.83. The van der Waals surface area contributed by atoms with Crippen LogP contribution in [0.1, 0.15) is 19.4 Å². The smallest absolute Gasteiger partial charge is 0.219 e. The molecule has 0 spiro atoms. The van der Waals surface area contributed by atoms with E-state index in [1.54, 1.807) is 18.2 Å². The van der Waals surface area contributed by atoms with Crippen LogP contribution in [0.5, 0.6) is 0 Å². The Balaban J connectivity index is 2.28. The molecule has 1 aliphatic rings. The van der Waals surface area contributed by atoms with Gasteiger partial charge in [0.25, 0.3) is 0 Å². The van der Waals surface area contributed by atoms with Crippen LogP contribution in [0.3, 0.4) is 0 Å². The molecule has 18 heavy (non-hydrogen) atoms. The minimum atomic E-state index is -0.482. The lowest BCUT2D eigenvalue weighted by Gasteiger charge is -2.15. The van der Waals surface area contributed by atoms with Crippen molar-refractivity contribution in [2.75, 3.05) is 0 Å². The van der Waals surface area contributed by atoms with Crippen molar-refractivity contribution in [1.82, 2.24) is 5.32 Å². The van der Waals surface area contributed by atoms with E-state index in [4.69, 9.17) is 28.0 Å². The van der Waals surface area contributed by atoms with E-state index >= 15 is 0 Å². The second-order valence-electron chi connectivity index (χ2n) is 4.09. The van der Waals surface area contributed by atoms with Gasteiger partial charge in [-0.25, -0.2) is 0 Å². The van der Waals surface area contributed by atoms with Crippen LogP contribution in [0, 0.1) is 5.92 Å². The largest absolute Gasteiger partial charge is 0.370 e. The summed E-state index contributed by atoms with van der Waals surface area (Å²) < 4.78 is 0. The van der Waals surface area contributed by atoms with Crippen LogP contribution in [-0.4, -0.2) is 17.8 Å². The van der Waals surface area contributed by atoms with Crippen LogP contribution in [0.4, 0.5) is 0 Å². The van der Waals surface area contributed by atoms with E-state index in [1.165, 1.54) is 6.92 Å². The first kappa shape index (κ1) is 13.2. The average Bonchev–Trinajstić information content (AvgIpc) is 2.61. The number of carbonyl (C=O) groups is 1.